The topological polar surface area (TPSA) is 38.3 Å². The molecule has 3 nitrogen and oxygen atoms in total. The number of ether oxygens (including phenoxy) is 1. The molecule has 0 unspecified atom stereocenters. The Hall–Kier alpha value is -1.35. The number of hydrogen-bond donors (Lipinski definition) is 1. The molecule has 0 spiro atoms. The van der Waals surface area contributed by atoms with Gasteiger partial charge in [0.05, 0.1) is 0 Å². The molecule has 100 valence electrons. The minimum atomic E-state index is -0.230. The van der Waals surface area contributed by atoms with E-state index in [2.05, 4.69) is 50.4 Å². The van der Waals surface area contributed by atoms with Crippen LogP contribution in [0.3, 0.4) is 0 Å². The molecule has 0 saturated carbocycles. The maximum Gasteiger partial charge on any atom is 0.302 e. The second-order valence-electron chi connectivity index (χ2n) is 5.46. The highest BCUT2D eigenvalue weighted by atomic mass is 16.5. The Morgan fingerprint density at radius 2 is 1.83 bits per heavy atom. The molecule has 1 aromatic carbocycles. The van der Waals surface area contributed by atoms with Gasteiger partial charge in [-0.2, -0.15) is 0 Å². The Morgan fingerprint density at radius 3 is 2.33 bits per heavy atom. The standard InChI is InChI=1S/C15H23NO2/c1-12(17)18-10-9-16-11-13-5-7-14(8-6-13)15(2,3)4/h5-8,16H,9-11H2,1-4H3. The predicted molar refractivity (Wildman–Crippen MR) is 73.5 cm³/mol. The smallest absolute Gasteiger partial charge is 0.302 e. The number of carbonyl (C=O) groups is 1. The third-order valence-corrected chi connectivity index (χ3v) is 2.73. The molecule has 0 bridgehead atoms. The maximum absolute atomic E-state index is 10.6. The molecule has 0 amide bonds. The lowest BCUT2D eigenvalue weighted by Crippen LogP contribution is -2.20. The molecule has 0 radical (unpaired) electrons. The zero-order valence-electron chi connectivity index (χ0n) is 11.7. The van der Waals surface area contributed by atoms with Crippen LogP contribution in [0.1, 0.15) is 38.8 Å². The summed E-state index contributed by atoms with van der Waals surface area (Å²) in [7, 11) is 0. The monoisotopic (exact) mass is 249 g/mol. The van der Waals surface area contributed by atoms with Crippen molar-refractivity contribution in [3.63, 3.8) is 0 Å². The van der Waals surface area contributed by atoms with E-state index in [0.29, 0.717) is 13.2 Å². The summed E-state index contributed by atoms with van der Waals surface area (Å²) in [6.07, 6.45) is 0. The van der Waals surface area contributed by atoms with Crippen molar-refractivity contribution in [1.29, 1.82) is 0 Å². The third kappa shape index (κ3) is 5.32. The summed E-state index contributed by atoms with van der Waals surface area (Å²) in [5.41, 5.74) is 2.78. The minimum absolute atomic E-state index is 0.196. The van der Waals surface area contributed by atoms with Crippen molar-refractivity contribution < 1.29 is 9.53 Å². The number of hydrogen-bond acceptors (Lipinski definition) is 3. The van der Waals surface area contributed by atoms with Gasteiger partial charge < -0.3 is 10.1 Å². The van der Waals surface area contributed by atoms with E-state index in [4.69, 9.17) is 4.74 Å². The SMILES string of the molecule is CC(=O)OCCNCc1ccc(C(C)(C)C)cc1. The molecule has 0 aromatic heterocycles. The van der Waals surface area contributed by atoms with E-state index in [-0.39, 0.29) is 11.4 Å². The van der Waals surface area contributed by atoms with Crippen LogP contribution in [0.15, 0.2) is 24.3 Å². The molecule has 1 N–H and O–H groups in total. The van der Waals surface area contributed by atoms with Gasteiger partial charge in [0.25, 0.3) is 0 Å². The molecule has 0 aliphatic heterocycles. The van der Waals surface area contributed by atoms with E-state index >= 15 is 0 Å². The van der Waals surface area contributed by atoms with E-state index in [1.165, 1.54) is 18.1 Å². The summed E-state index contributed by atoms with van der Waals surface area (Å²) in [6, 6.07) is 8.62. The molecule has 0 saturated heterocycles. The lowest BCUT2D eigenvalue weighted by atomic mass is 9.87. The Kier molecular flexibility index (Phi) is 5.35. The lowest BCUT2D eigenvalue weighted by molar-refractivity contribution is -0.140. The van der Waals surface area contributed by atoms with Crippen molar-refractivity contribution in [3.8, 4) is 0 Å². The van der Waals surface area contributed by atoms with Crippen molar-refractivity contribution in [3.05, 3.63) is 35.4 Å². The summed E-state index contributed by atoms with van der Waals surface area (Å²) in [5.74, 6) is -0.230. The average Bonchev–Trinajstić information content (AvgIpc) is 2.27. The first-order chi connectivity index (χ1) is 8.39. The van der Waals surface area contributed by atoms with Crippen LogP contribution in [0, 0.1) is 0 Å². The first-order valence-electron chi connectivity index (χ1n) is 6.33. The largest absolute Gasteiger partial charge is 0.465 e. The third-order valence-electron chi connectivity index (χ3n) is 2.73. The normalized spacial score (nSPS) is 11.3. The molecule has 18 heavy (non-hydrogen) atoms. The Labute approximate surface area is 110 Å². The molecular weight excluding hydrogens is 226 g/mol. The van der Waals surface area contributed by atoms with Crippen molar-refractivity contribution in [2.24, 2.45) is 0 Å². The minimum Gasteiger partial charge on any atom is -0.465 e. The molecular formula is C15H23NO2. The van der Waals surface area contributed by atoms with Crippen LogP contribution in [0.25, 0.3) is 0 Å². The summed E-state index contributed by atoms with van der Waals surface area (Å²) in [5, 5.41) is 3.24. The fraction of sp³-hybridized carbons (Fsp3) is 0.533. The van der Waals surface area contributed by atoms with Crippen LogP contribution >= 0.6 is 0 Å². The van der Waals surface area contributed by atoms with Crippen molar-refractivity contribution in [1.82, 2.24) is 5.32 Å². The number of nitrogens with one attached hydrogen (secondary N) is 1. The number of rotatable bonds is 5. The summed E-state index contributed by atoms with van der Waals surface area (Å²) in [4.78, 5) is 10.6. The van der Waals surface area contributed by atoms with Crippen molar-refractivity contribution >= 4 is 5.97 Å². The fourth-order valence-corrected chi connectivity index (χ4v) is 1.62. The molecule has 1 aromatic rings. The van der Waals surface area contributed by atoms with Gasteiger partial charge in [0, 0.05) is 20.0 Å². The number of benzene rings is 1. The second-order valence-corrected chi connectivity index (χ2v) is 5.46. The van der Waals surface area contributed by atoms with Gasteiger partial charge in [-0.05, 0) is 16.5 Å². The lowest BCUT2D eigenvalue weighted by Gasteiger charge is -2.19. The van der Waals surface area contributed by atoms with Crippen molar-refractivity contribution in [2.75, 3.05) is 13.2 Å². The van der Waals surface area contributed by atoms with Gasteiger partial charge in [-0.1, -0.05) is 45.0 Å². The quantitative estimate of drug-likeness (QED) is 0.644. The Bertz CT molecular complexity index is 376. The zero-order valence-corrected chi connectivity index (χ0v) is 11.7. The van der Waals surface area contributed by atoms with Crippen molar-refractivity contribution in [2.45, 2.75) is 39.7 Å². The van der Waals surface area contributed by atoms with Crippen LogP contribution in [-0.2, 0) is 21.5 Å². The molecule has 3 heteroatoms. The van der Waals surface area contributed by atoms with Crippen LogP contribution < -0.4 is 5.32 Å². The highest BCUT2D eigenvalue weighted by Crippen LogP contribution is 2.21. The first-order valence-corrected chi connectivity index (χ1v) is 6.33. The molecule has 0 aliphatic carbocycles. The fourth-order valence-electron chi connectivity index (χ4n) is 1.62. The molecule has 0 heterocycles. The Balaban J connectivity index is 2.33. The summed E-state index contributed by atoms with van der Waals surface area (Å²) >= 11 is 0. The van der Waals surface area contributed by atoms with Gasteiger partial charge in [-0.3, -0.25) is 4.79 Å². The van der Waals surface area contributed by atoms with Crippen LogP contribution in [-0.4, -0.2) is 19.1 Å². The summed E-state index contributed by atoms with van der Waals surface area (Å²) in [6.45, 7) is 9.95. The van der Waals surface area contributed by atoms with E-state index in [0.717, 1.165) is 6.54 Å². The molecule has 0 atom stereocenters. The average molecular weight is 249 g/mol. The van der Waals surface area contributed by atoms with Crippen LogP contribution in [0.4, 0.5) is 0 Å². The summed E-state index contributed by atoms with van der Waals surface area (Å²) < 4.78 is 4.84. The van der Waals surface area contributed by atoms with Gasteiger partial charge >= 0.3 is 5.97 Å². The predicted octanol–water partition coefficient (Wildman–Crippen LogP) is 2.64. The van der Waals surface area contributed by atoms with Gasteiger partial charge in [0.15, 0.2) is 0 Å². The van der Waals surface area contributed by atoms with E-state index in [9.17, 15) is 4.79 Å². The van der Waals surface area contributed by atoms with E-state index in [1.54, 1.807) is 0 Å². The number of carbonyl (C=O) groups excluding carboxylic acids is 1. The Morgan fingerprint density at radius 1 is 1.22 bits per heavy atom. The first kappa shape index (κ1) is 14.7. The van der Waals surface area contributed by atoms with E-state index < -0.39 is 0 Å². The second kappa shape index (κ2) is 6.55. The van der Waals surface area contributed by atoms with Gasteiger partial charge in [-0.15, -0.1) is 0 Å². The molecule has 0 aliphatic rings. The molecule has 0 fully saturated rings. The highest BCUT2D eigenvalue weighted by molar-refractivity contribution is 5.65. The van der Waals surface area contributed by atoms with Crippen LogP contribution in [0.5, 0.6) is 0 Å². The van der Waals surface area contributed by atoms with Crippen LogP contribution in [0.2, 0.25) is 0 Å². The molecule has 1 rings (SSSR count). The maximum atomic E-state index is 10.6. The van der Waals surface area contributed by atoms with E-state index in [1.807, 2.05) is 0 Å². The highest BCUT2D eigenvalue weighted by Gasteiger charge is 2.12. The van der Waals surface area contributed by atoms with Gasteiger partial charge in [0.1, 0.15) is 6.61 Å². The van der Waals surface area contributed by atoms with Gasteiger partial charge in [0.2, 0.25) is 0 Å². The van der Waals surface area contributed by atoms with Gasteiger partial charge in [-0.25, -0.2) is 0 Å². The zero-order chi connectivity index (χ0) is 13.6. The number of esters is 1.